The van der Waals surface area contributed by atoms with Gasteiger partial charge in [-0.05, 0) is 30.7 Å². The van der Waals surface area contributed by atoms with Gasteiger partial charge < -0.3 is 10.5 Å². The molecular weight excluding hydrogens is 264 g/mol. The van der Waals surface area contributed by atoms with Crippen molar-refractivity contribution < 1.29 is 13.2 Å². The Morgan fingerprint density at radius 2 is 2.16 bits per heavy atom. The van der Waals surface area contributed by atoms with E-state index in [4.69, 9.17) is 10.5 Å². The van der Waals surface area contributed by atoms with Gasteiger partial charge in [-0.25, -0.2) is 8.42 Å². The van der Waals surface area contributed by atoms with Crippen molar-refractivity contribution in [1.29, 1.82) is 0 Å². The van der Waals surface area contributed by atoms with Crippen molar-refractivity contribution in [1.82, 2.24) is 0 Å². The number of anilines is 1. The first-order chi connectivity index (χ1) is 8.98. The molecule has 0 radical (unpaired) electrons. The van der Waals surface area contributed by atoms with E-state index in [1.165, 1.54) is 7.11 Å². The second kappa shape index (κ2) is 7.14. The number of hydrogen-bond donors (Lipinski definition) is 2. The molecule has 0 aromatic heterocycles. The van der Waals surface area contributed by atoms with Gasteiger partial charge in [-0.1, -0.05) is 11.8 Å². The molecule has 6 heteroatoms. The van der Waals surface area contributed by atoms with E-state index in [0.29, 0.717) is 12.2 Å². The fourth-order valence-corrected chi connectivity index (χ4v) is 2.41. The van der Waals surface area contributed by atoms with Gasteiger partial charge in [-0.15, -0.1) is 0 Å². The Hall–Kier alpha value is -1.55. The molecule has 0 aliphatic carbocycles. The minimum atomic E-state index is -3.37. The van der Waals surface area contributed by atoms with Gasteiger partial charge in [0.15, 0.2) is 0 Å². The molecule has 0 saturated carbocycles. The highest BCUT2D eigenvalue weighted by Crippen LogP contribution is 2.15. The van der Waals surface area contributed by atoms with Gasteiger partial charge in [0.05, 0.1) is 18.9 Å². The van der Waals surface area contributed by atoms with E-state index in [-0.39, 0.29) is 12.4 Å². The van der Waals surface area contributed by atoms with Gasteiger partial charge in [0, 0.05) is 18.4 Å². The number of rotatable bonds is 5. The maximum Gasteiger partial charge on any atom is 0.234 e. The van der Waals surface area contributed by atoms with E-state index < -0.39 is 10.0 Å². The van der Waals surface area contributed by atoms with Crippen LogP contribution in [0.15, 0.2) is 18.2 Å². The Bertz CT molecular complexity index is 586. The molecule has 0 atom stereocenters. The molecule has 0 bridgehead atoms. The van der Waals surface area contributed by atoms with Crippen LogP contribution in [-0.4, -0.2) is 34.4 Å². The standard InChI is InChI=1S/C13H18N2O3S/c1-11-10-13(6-5-12(11)4-3-7-14)15-19(16,17)9-8-18-2/h5-6,10,15H,7-9,14H2,1-2H3. The molecule has 104 valence electrons. The topological polar surface area (TPSA) is 81.4 Å². The quantitative estimate of drug-likeness (QED) is 0.779. The molecule has 19 heavy (non-hydrogen) atoms. The van der Waals surface area contributed by atoms with E-state index in [9.17, 15) is 8.42 Å². The summed E-state index contributed by atoms with van der Waals surface area (Å²) in [6.45, 7) is 2.33. The smallest absolute Gasteiger partial charge is 0.234 e. The second-order valence-electron chi connectivity index (χ2n) is 3.95. The van der Waals surface area contributed by atoms with Crippen LogP contribution in [0.3, 0.4) is 0 Å². The van der Waals surface area contributed by atoms with Gasteiger partial charge in [-0.3, -0.25) is 4.72 Å². The Labute approximate surface area is 114 Å². The van der Waals surface area contributed by atoms with Crippen molar-refractivity contribution in [3.63, 3.8) is 0 Å². The molecule has 1 aromatic carbocycles. The lowest BCUT2D eigenvalue weighted by atomic mass is 10.1. The van der Waals surface area contributed by atoms with Crippen molar-refractivity contribution in [3.05, 3.63) is 29.3 Å². The van der Waals surface area contributed by atoms with Crippen LogP contribution in [0, 0.1) is 18.8 Å². The molecule has 0 saturated heterocycles. The highest BCUT2D eigenvalue weighted by Gasteiger charge is 2.10. The Balaban J connectivity index is 2.84. The van der Waals surface area contributed by atoms with Crippen molar-refractivity contribution in [3.8, 4) is 11.8 Å². The molecule has 0 amide bonds. The molecule has 0 spiro atoms. The normalized spacial score (nSPS) is 10.7. The lowest BCUT2D eigenvalue weighted by Gasteiger charge is -2.09. The number of nitrogens with two attached hydrogens (primary N) is 1. The van der Waals surface area contributed by atoms with Crippen LogP contribution in [-0.2, 0) is 14.8 Å². The molecular formula is C13H18N2O3S. The maximum absolute atomic E-state index is 11.7. The molecule has 1 aromatic rings. The summed E-state index contributed by atoms with van der Waals surface area (Å²) in [6.07, 6.45) is 0. The first-order valence-corrected chi connectivity index (χ1v) is 7.43. The van der Waals surface area contributed by atoms with Crippen LogP contribution in [0.2, 0.25) is 0 Å². The van der Waals surface area contributed by atoms with Crippen molar-refractivity contribution in [2.75, 3.05) is 30.7 Å². The van der Waals surface area contributed by atoms with Gasteiger partial charge in [0.1, 0.15) is 0 Å². The fourth-order valence-electron chi connectivity index (χ4n) is 1.44. The van der Waals surface area contributed by atoms with Crippen LogP contribution in [0.4, 0.5) is 5.69 Å². The number of hydrogen-bond acceptors (Lipinski definition) is 4. The summed E-state index contributed by atoms with van der Waals surface area (Å²) in [5.74, 6) is 5.62. The molecule has 3 N–H and O–H groups in total. The molecule has 0 fully saturated rings. The van der Waals surface area contributed by atoms with E-state index >= 15 is 0 Å². The number of ether oxygens (including phenoxy) is 1. The van der Waals surface area contributed by atoms with E-state index in [1.54, 1.807) is 18.2 Å². The summed E-state index contributed by atoms with van der Waals surface area (Å²) in [7, 11) is -1.91. The molecule has 0 aliphatic heterocycles. The van der Waals surface area contributed by atoms with Crippen LogP contribution in [0.25, 0.3) is 0 Å². The molecule has 0 heterocycles. The van der Waals surface area contributed by atoms with Crippen molar-refractivity contribution >= 4 is 15.7 Å². The predicted molar refractivity (Wildman–Crippen MR) is 76.4 cm³/mol. The summed E-state index contributed by atoms with van der Waals surface area (Å²) < 4.78 is 30.6. The summed E-state index contributed by atoms with van der Waals surface area (Å²) in [5, 5.41) is 0. The average Bonchev–Trinajstić information content (AvgIpc) is 2.35. The summed E-state index contributed by atoms with van der Waals surface area (Å²) in [6, 6.07) is 5.19. The first-order valence-electron chi connectivity index (χ1n) is 5.77. The average molecular weight is 282 g/mol. The van der Waals surface area contributed by atoms with E-state index in [1.807, 2.05) is 6.92 Å². The first kappa shape index (κ1) is 15.5. The van der Waals surface area contributed by atoms with Crippen LogP contribution in [0.1, 0.15) is 11.1 Å². The third-order valence-electron chi connectivity index (χ3n) is 2.38. The number of sulfonamides is 1. The minimum absolute atomic E-state index is 0.0721. The molecule has 0 aliphatic rings. The lowest BCUT2D eigenvalue weighted by molar-refractivity contribution is 0.217. The van der Waals surface area contributed by atoms with Gasteiger partial charge in [0.25, 0.3) is 0 Å². The molecule has 0 unspecified atom stereocenters. The highest BCUT2D eigenvalue weighted by molar-refractivity contribution is 7.92. The van der Waals surface area contributed by atoms with E-state index in [2.05, 4.69) is 16.6 Å². The number of nitrogens with one attached hydrogen (secondary N) is 1. The zero-order valence-electron chi connectivity index (χ0n) is 11.1. The zero-order valence-corrected chi connectivity index (χ0v) is 11.9. The third kappa shape index (κ3) is 5.30. The Morgan fingerprint density at radius 3 is 2.74 bits per heavy atom. The predicted octanol–water partition coefficient (Wildman–Crippen LogP) is 0.693. The Kier molecular flexibility index (Phi) is 5.83. The number of methoxy groups -OCH3 is 1. The van der Waals surface area contributed by atoms with Gasteiger partial charge in [0.2, 0.25) is 10.0 Å². The van der Waals surface area contributed by atoms with Crippen LogP contribution in [0.5, 0.6) is 0 Å². The maximum atomic E-state index is 11.7. The molecule has 5 nitrogen and oxygen atoms in total. The third-order valence-corrected chi connectivity index (χ3v) is 3.63. The van der Waals surface area contributed by atoms with Crippen LogP contribution < -0.4 is 10.5 Å². The van der Waals surface area contributed by atoms with Crippen LogP contribution >= 0.6 is 0 Å². The van der Waals surface area contributed by atoms with E-state index in [0.717, 1.165) is 11.1 Å². The molecule has 1 rings (SSSR count). The second-order valence-corrected chi connectivity index (χ2v) is 5.79. The van der Waals surface area contributed by atoms with Crippen molar-refractivity contribution in [2.24, 2.45) is 5.73 Å². The summed E-state index contributed by atoms with van der Waals surface area (Å²) in [5.41, 5.74) is 7.56. The minimum Gasteiger partial charge on any atom is -0.384 e. The monoisotopic (exact) mass is 282 g/mol. The lowest BCUT2D eigenvalue weighted by Crippen LogP contribution is -2.19. The van der Waals surface area contributed by atoms with Gasteiger partial charge >= 0.3 is 0 Å². The SMILES string of the molecule is COCCS(=O)(=O)Nc1ccc(C#CCN)c(C)c1. The number of benzene rings is 1. The zero-order chi connectivity index (χ0) is 14.3. The van der Waals surface area contributed by atoms with Gasteiger partial charge in [-0.2, -0.15) is 0 Å². The fraction of sp³-hybridized carbons (Fsp3) is 0.385. The van der Waals surface area contributed by atoms with Crippen molar-refractivity contribution in [2.45, 2.75) is 6.92 Å². The summed E-state index contributed by atoms with van der Waals surface area (Å²) in [4.78, 5) is 0. The number of aryl methyl sites for hydroxylation is 1. The largest absolute Gasteiger partial charge is 0.384 e. The summed E-state index contributed by atoms with van der Waals surface area (Å²) >= 11 is 0. The Morgan fingerprint density at radius 1 is 1.42 bits per heavy atom. The highest BCUT2D eigenvalue weighted by atomic mass is 32.2.